The Morgan fingerprint density at radius 2 is 1.65 bits per heavy atom. The van der Waals surface area contributed by atoms with Gasteiger partial charge in [-0.15, -0.1) is 0 Å². The second kappa shape index (κ2) is 12.9. The number of hydrogen-bond acceptors (Lipinski definition) is 7. The molecular formula is C31H35N5O4. The highest BCUT2D eigenvalue weighted by molar-refractivity contribution is 6.08. The molecule has 208 valence electrons. The Labute approximate surface area is 233 Å². The number of nitrogens with two attached hydrogens (primary N) is 2. The summed E-state index contributed by atoms with van der Waals surface area (Å²) in [4.78, 5) is 29.7. The molecule has 0 saturated carbocycles. The molecule has 1 heterocycles. The molecule has 3 aromatic carbocycles. The van der Waals surface area contributed by atoms with Gasteiger partial charge in [0.25, 0.3) is 5.91 Å². The lowest BCUT2D eigenvalue weighted by Gasteiger charge is -2.20. The summed E-state index contributed by atoms with van der Waals surface area (Å²) >= 11 is 0. The number of rotatable bonds is 12. The summed E-state index contributed by atoms with van der Waals surface area (Å²) in [5.74, 6) is 0.240. The average Bonchev–Trinajstić information content (AvgIpc) is 2.96. The van der Waals surface area contributed by atoms with Crippen LogP contribution in [0.5, 0.6) is 11.5 Å². The number of hydrogen-bond donors (Lipinski definition) is 4. The molecule has 0 aliphatic heterocycles. The van der Waals surface area contributed by atoms with E-state index in [0.29, 0.717) is 54.3 Å². The van der Waals surface area contributed by atoms with Crippen LogP contribution in [0, 0.1) is 0 Å². The summed E-state index contributed by atoms with van der Waals surface area (Å²) in [5.41, 5.74) is 16.7. The molecule has 9 heteroatoms. The maximum absolute atomic E-state index is 12.8. The number of primary amides is 1. The molecule has 40 heavy (non-hydrogen) atoms. The van der Waals surface area contributed by atoms with E-state index >= 15 is 0 Å². The Kier molecular flexibility index (Phi) is 9.19. The third kappa shape index (κ3) is 6.16. The minimum Gasteiger partial charge on any atom is -0.490 e. The van der Waals surface area contributed by atoms with Gasteiger partial charge in [-0.2, -0.15) is 0 Å². The van der Waals surface area contributed by atoms with Gasteiger partial charge < -0.3 is 31.6 Å². The van der Waals surface area contributed by atoms with Gasteiger partial charge in [-0.05, 0) is 49.1 Å². The van der Waals surface area contributed by atoms with E-state index in [-0.39, 0.29) is 11.5 Å². The molecule has 4 rings (SSSR count). The first kappa shape index (κ1) is 28.4. The molecule has 4 aromatic rings. The highest BCUT2D eigenvalue weighted by atomic mass is 16.5. The summed E-state index contributed by atoms with van der Waals surface area (Å²) in [6.45, 7) is 7.02. The number of benzene rings is 3. The van der Waals surface area contributed by atoms with Gasteiger partial charge in [0, 0.05) is 29.9 Å². The number of anilines is 2. The van der Waals surface area contributed by atoms with Crippen LogP contribution in [0.1, 0.15) is 53.9 Å². The molecule has 0 radical (unpaired) electrons. The third-order valence-corrected chi connectivity index (χ3v) is 6.58. The predicted molar refractivity (Wildman–Crippen MR) is 157 cm³/mol. The minimum absolute atomic E-state index is 0.244. The number of nitrogens with zero attached hydrogens (tertiary/aromatic N) is 1. The third-order valence-electron chi connectivity index (χ3n) is 6.58. The van der Waals surface area contributed by atoms with Crippen molar-refractivity contribution < 1.29 is 19.1 Å². The van der Waals surface area contributed by atoms with Crippen molar-refractivity contribution >= 4 is 34.1 Å². The molecule has 6 N–H and O–H groups in total. The van der Waals surface area contributed by atoms with E-state index in [9.17, 15) is 9.59 Å². The molecule has 9 nitrogen and oxygen atoms in total. The van der Waals surface area contributed by atoms with Gasteiger partial charge in [-0.1, -0.05) is 49.4 Å². The Morgan fingerprint density at radius 3 is 2.30 bits per heavy atom. The number of aromatic nitrogens is 1. The molecule has 0 aliphatic carbocycles. The highest BCUT2D eigenvalue weighted by Crippen LogP contribution is 2.38. The summed E-state index contributed by atoms with van der Waals surface area (Å²) in [6, 6.07) is 17.9. The standard InChI is InChI=1S/C31H35N5O4/c1-4-21-20(17-35-31(38)28(32)19-11-8-7-9-12-19)13-10-14-24(21)36-29-22-15-26(39-5-2)27(40-6-3)16-25(22)34-18-23(29)30(33)37/h7-16,18,28H,4-6,17,32H2,1-3H3,(H2,33,37)(H,34,36)(H,35,38)/t28-/m0/s1. The normalized spacial score (nSPS) is 11.6. The van der Waals surface area contributed by atoms with Crippen LogP contribution in [0.2, 0.25) is 0 Å². The molecule has 0 fully saturated rings. The zero-order valence-corrected chi connectivity index (χ0v) is 23.0. The van der Waals surface area contributed by atoms with E-state index < -0.39 is 11.9 Å². The van der Waals surface area contributed by atoms with Crippen molar-refractivity contribution in [3.63, 3.8) is 0 Å². The lowest BCUT2D eigenvalue weighted by Crippen LogP contribution is -2.33. The Morgan fingerprint density at radius 1 is 0.950 bits per heavy atom. The quantitative estimate of drug-likeness (QED) is 0.203. The highest BCUT2D eigenvalue weighted by Gasteiger charge is 2.20. The van der Waals surface area contributed by atoms with Crippen molar-refractivity contribution in [1.82, 2.24) is 10.3 Å². The maximum Gasteiger partial charge on any atom is 0.252 e. The molecule has 0 saturated heterocycles. The van der Waals surface area contributed by atoms with Gasteiger partial charge >= 0.3 is 0 Å². The second-order valence-electron chi connectivity index (χ2n) is 9.12. The van der Waals surface area contributed by atoms with Crippen LogP contribution in [-0.2, 0) is 17.8 Å². The summed E-state index contributed by atoms with van der Waals surface area (Å²) in [5, 5.41) is 7.06. The van der Waals surface area contributed by atoms with E-state index in [1.807, 2.05) is 75.4 Å². The topological polar surface area (TPSA) is 142 Å². The van der Waals surface area contributed by atoms with Gasteiger partial charge in [-0.25, -0.2) is 0 Å². The first-order valence-corrected chi connectivity index (χ1v) is 13.4. The lowest BCUT2D eigenvalue weighted by molar-refractivity contribution is -0.122. The SMILES string of the molecule is CCOc1cc2ncc(C(N)=O)c(Nc3cccc(CNC(=O)[C@@H](N)c4ccccc4)c3CC)c2cc1OCC. The van der Waals surface area contributed by atoms with Crippen LogP contribution in [0.15, 0.2) is 66.9 Å². The number of carbonyl (C=O) groups excluding carboxylic acids is 2. The summed E-state index contributed by atoms with van der Waals surface area (Å²) in [6.07, 6.45) is 2.14. The first-order valence-electron chi connectivity index (χ1n) is 13.4. The van der Waals surface area contributed by atoms with Gasteiger partial charge in [-0.3, -0.25) is 14.6 Å². The van der Waals surface area contributed by atoms with E-state index in [1.165, 1.54) is 6.20 Å². The smallest absolute Gasteiger partial charge is 0.252 e. The maximum atomic E-state index is 12.8. The molecule has 2 amide bonds. The van der Waals surface area contributed by atoms with Crippen LogP contribution in [-0.4, -0.2) is 30.0 Å². The van der Waals surface area contributed by atoms with E-state index in [0.717, 1.165) is 22.4 Å². The van der Waals surface area contributed by atoms with Gasteiger partial charge in [0.2, 0.25) is 5.91 Å². The molecule has 1 atom stereocenters. The fourth-order valence-corrected chi connectivity index (χ4v) is 4.63. The van der Waals surface area contributed by atoms with Crippen LogP contribution in [0.4, 0.5) is 11.4 Å². The predicted octanol–water partition coefficient (Wildman–Crippen LogP) is 4.75. The fraction of sp³-hybridized carbons (Fsp3) is 0.258. The molecule has 0 spiro atoms. The number of nitrogens with one attached hydrogen (secondary N) is 2. The van der Waals surface area contributed by atoms with E-state index in [4.69, 9.17) is 20.9 Å². The van der Waals surface area contributed by atoms with Crippen LogP contribution in [0.3, 0.4) is 0 Å². The van der Waals surface area contributed by atoms with Crippen LogP contribution < -0.4 is 31.6 Å². The van der Waals surface area contributed by atoms with Crippen molar-refractivity contribution in [3.05, 3.63) is 89.1 Å². The average molecular weight is 542 g/mol. The van der Waals surface area contributed by atoms with Gasteiger partial charge in [0.05, 0.1) is 30.0 Å². The van der Waals surface area contributed by atoms with Crippen molar-refractivity contribution in [3.8, 4) is 11.5 Å². The molecule has 0 aliphatic rings. The Hall–Kier alpha value is -4.63. The Bertz CT molecular complexity index is 1510. The van der Waals surface area contributed by atoms with Crippen LogP contribution >= 0.6 is 0 Å². The number of ether oxygens (including phenoxy) is 2. The number of amides is 2. The van der Waals surface area contributed by atoms with Gasteiger partial charge in [0.1, 0.15) is 6.04 Å². The summed E-state index contributed by atoms with van der Waals surface area (Å²) in [7, 11) is 0. The minimum atomic E-state index is -0.769. The number of fused-ring (bicyclic) bond motifs is 1. The first-order chi connectivity index (χ1) is 19.4. The molecule has 0 unspecified atom stereocenters. The van der Waals surface area contributed by atoms with Crippen molar-refractivity contribution in [2.24, 2.45) is 11.5 Å². The van der Waals surface area contributed by atoms with Crippen LogP contribution in [0.25, 0.3) is 10.9 Å². The van der Waals surface area contributed by atoms with Gasteiger partial charge in [0.15, 0.2) is 11.5 Å². The van der Waals surface area contributed by atoms with Crippen molar-refractivity contribution in [1.29, 1.82) is 0 Å². The van der Waals surface area contributed by atoms with Crippen molar-refractivity contribution in [2.75, 3.05) is 18.5 Å². The zero-order chi connectivity index (χ0) is 28.6. The fourth-order valence-electron chi connectivity index (χ4n) is 4.63. The molecular weight excluding hydrogens is 506 g/mol. The lowest BCUT2D eigenvalue weighted by atomic mass is 10.0. The number of pyridine rings is 1. The molecule has 0 bridgehead atoms. The second-order valence-corrected chi connectivity index (χ2v) is 9.12. The zero-order valence-electron chi connectivity index (χ0n) is 23.0. The van der Waals surface area contributed by atoms with E-state index in [2.05, 4.69) is 15.6 Å². The largest absolute Gasteiger partial charge is 0.490 e. The monoisotopic (exact) mass is 541 g/mol. The number of carbonyl (C=O) groups is 2. The van der Waals surface area contributed by atoms with E-state index in [1.54, 1.807) is 6.07 Å². The van der Waals surface area contributed by atoms with Crippen molar-refractivity contribution in [2.45, 2.75) is 39.8 Å². The molecule has 1 aromatic heterocycles. The summed E-state index contributed by atoms with van der Waals surface area (Å²) < 4.78 is 11.6. The Balaban J connectivity index is 1.69.